The number of hydrogen-bond acceptors (Lipinski definition) is 8. The lowest BCUT2D eigenvalue weighted by Gasteiger charge is -2.39. The summed E-state index contributed by atoms with van der Waals surface area (Å²) in [5.41, 5.74) is 3.30. The van der Waals surface area contributed by atoms with Gasteiger partial charge in [-0.1, -0.05) is 5.57 Å². The summed E-state index contributed by atoms with van der Waals surface area (Å²) in [5.74, 6) is 1.06. The first-order valence-corrected chi connectivity index (χ1v) is 11.6. The normalized spacial score (nSPS) is 18.4. The van der Waals surface area contributed by atoms with Crippen LogP contribution in [0.25, 0.3) is 0 Å². The van der Waals surface area contributed by atoms with Crippen LogP contribution in [0.4, 0.5) is 11.6 Å². The number of pyridine rings is 1. The van der Waals surface area contributed by atoms with Crippen molar-refractivity contribution in [3.63, 3.8) is 0 Å². The molecule has 4 rings (SSSR count). The number of anilines is 2. The van der Waals surface area contributed by atoms with Gasteiger partial charge in [0.1, 0.15) is 5.75 Å². The predicted octanol–water partition coefficient (Wildman–Crippen LogP) is 2.31. The van der Waals surface area contributed by atoms with Crippen molar-refractivity contribution in [2.75, 3.05) is 43.5 Å². The molecule has 10 nitrogen and oxygen atoms in total. The number of ether oxygens (including phenoxy) is 1. The maximum Gasteiger partial charge on any atom is 0.268 e. The topological polar surface area (TPSA) is 104 Å². The number of nitrogens with zero attached hydrogens (tertiary/aromatic N) is 7. The largest absolute Gasteiger partial charge is 0.479 e. The van der Waals surface area contributed by atoms with E-state index in [9.17, 15) is 9.59 Å². The summed E-state index contributed by atoms with van der Waals surface area (Å²) in [6.45, 7) is 7.60. The van der Waals surface area contributed by atoms with Crippen molar-refractivity contribution in [1.82, 2.24) is 19.9 Å². The summed E-state index contributed by atoms with van der Waals surface area (Å²) < 4.78 is 5.92. The van der Waals surface area contributed by atoms with Crippen LogP contribution < -0.4 is 14.5 Å². The molecule has 0 N–H and O–H groups in total. The summed E-state index contributed by atoms with van der Waals surface area (Å²) in [6.07, 6.45) is 6.69. The van der Waals surface area contributed by atoms with Crippen molar-refractivity contribution < 1.29 is 14.3 Å². The molecule has 0 aromatic carbocycles. The first kappa shape index (κ1) is 24.3. The maximum atomic E-state index is 12.9. The number of carbonyl (C=O) groups is 2. The van der Waals surface area contributed by atoms with Crippen molar-refractivity contribution >= 4 is 29.2 Å². The molecule has 0 aliphatic carbocycles. The lowest BCUT2D eigenvalue weighted by molar-refractivity contribution is -0.133. The number of hydrogen-bond donors (Lipinski definition) is 0. The average molecular weight is 478 g/mol. The third kappa shape index (κ3) is 5.47. The molecule has 0 unspecified atom stereocenters. The molecule has 0 radical (unpaired) electrons. The van der Waals surface area contributed by atoms with Crippen LogP contribution in [0.2, 0.25) is 0 Å². The first-order chi connectivity index (χ1) is 16.7. The molecule has 0 spiro atoms. The quantitative estimate of drug-likeness (QED) is 0.564. The Morgan fingerprint density at radius 3 is 2.43 bits per heavy atom. The van der Waals surface area contributed by atoms with Crippen molar-refractivity contribution in [2.24, 2.45) is 10.9 Å². The molecule has 2 fully saturated rings. The van der Waals surface area contributed by atoms with Crippen LogP contribution in [0, 0.1) is 5.92 Å². The molecule has 35 heavy (non-hydrogen) atoms. The van der Waals surface area contributed by atoms with E-state index in [-0.39, 0.29) is 17.7 Å². The molecule has 2 aromatic rings. The number of aromatic nitrogens is 3. The molecule has 0 bridgehead atoms. The SMILES string of the molecule is CC(C)=CN=C(C)c1ccc(O[C@@H]2CCN(c3cnc(N4CC(C(=O)N(C)C)C4)nc3)C2=O)cn1. The van der Waals surface area contributed by atoms with Gasteiger partial charge in [0, 0.05) is 46.4 Å². The van der Waals surface area contributed by atoms with Gasteiger partial charge in [-0.3, -0.25) is 19.6 Å². The van der Waals surface area contributed by atoms with Gasteiger partial charge in [-0.05, 0) is 32.9 Å². The Morgan fingerprint density at radius 2 is 1.83 bits per heavy atom. The van der Waals surface area contributed by atoms with Gasteiger partial charge in [0.2, 0.25) is 11.9 Å². The molecule has 0 saturated carbocycles. The van der Waals surface area contributed by atoms with Gasteiger partial charge >= 0.3 is 0 Å². The van der Waals surface area contributed by atoms with Gasteiger partial charge in [0.25, 0.3) is 5.91 Å². The van der Waals surface area contributed by atoms with Crippen molar-refractivity contribution in [1.29, 1.82) is 0 Å². The van der Waals surface area contributed by atoms with Gasteiger partial charge in [0.15, 0.2) is 6.10 Å². The minimum absolute atomic E-state index is 0.0246. The van der Waals surface area contributed by atoms with Gasteiger partial charge < -0.3 is 19.4 Å². The Morgan fingerprint density at radius 1 is 1.11 bits per heavy atom. The molecular weight excluding hydrogens is 446 g/mol. The highest BCUT2D eigenvalue weighted by molar-refractivity contribution is 5.99. The van der Waals surface area contributed by atoms with Crippen molar-refractivity contribution in [2.45, 2.75) is 33.3 Å². The fraction of sp³-hybridized carbons (Fsp3) is 0.440. The molecule has 4 heterocycles. The second-order valence-electron chi connectivity index (χ2n) is 9.26. The zero-order chi connectivity index (χ0) is 25.1. The Balaban J connectivity index is 1.33. The number of amides is 2. The van der Waals surface area contributed by atoms with Crippen LogP contribution >= 0.6 is 0 Å². The van der Waals surface area contributed by atoms with Crippen LogP contribution in [0.15, 0.2) is 47.5 Å². The highest BCUT2D eigenvalue weighted by Gasteiger charge is 2.37. The summed E-state index contributed by atoms with van der Waals surface area (Å²) >= 11 is 0. The van der Waals surface area contributed by atoms with Gasteiger partial charge in [-0.15, -0.1) is 0 Å². The van der Waals surface area contributed by atoms with Crippen molar-refractivity contribution in [3.8, 4) is 5.75 Å². The predicted molar refractivity (Wildman–Crippen MR) is 134 cm³/mol. The summed E-state index contributed by atoms with van der Waals surface area (Å²) in [7, 11) is 3.52. The van der Waals surface area contributed by atoms with Crippen LogP contribution in [0.3, 0.4) is 0 Å². The molecule has 2 aliphatic rings. The third-order valence-electron chi connectivity index (χ3n) is 5.95. The molecule has 2 aromatic heterocycles. The molecule has 2 aliphatic heterocycles. The fourth-order valence-electron chi connectivity index (χ4n) is 3.92. The van der Waals surface area contributed by atoms with Crippen LogP contribution in [-0.4, -0.2) is 77.2 Å². The van der Waals surface area contributed by atoms with E-state index in [1.807, 2.05) is 31.7 Å². The van der Waals surface area contributed by atoms with E-state index in [0.717, 1.165) is 17.0 Å². The first-order valence-electron chi connectivity index (χ1n) is 11.6. The Hall–Kier alpha value is -3.82. The highest BCUT2D eigenvalue weighted by Crippen LogP contribution is 2.27. The number of rotatable bonds is 7. The fourth-order valence-corrected chi connectivity index (χ4v) is 3.92. The third-order valence-corrected chi connectivity index (χ3v) is 5.95. The number of carbonyl (C=O) groups excluding carboxylic acids is 2. The molecular formula is C25H31N7O3. The highest BCUT2D eigenvalue weighted by atomic mass is 16.5. The average Bonchev–Trinajstić information content (AvgIpc) is 3.17. The molecule has 184 valence electrons. The van der Waals surface area contributed by atoms with Crippen LogP contribution in [-0.2, 0) is 9.59 Å². The molecule has 2 amide bonds. The summed E-state index contributed by atoms with van der Waals surface area (Å²) in [4.78, 5) is 47.8. The van der Waals surface area contributed by atoms with E-state index in [4.69, 9.17) is 4.74 Å². The minimum atomic E-state index is -0.587. The van der Waals surface area contributed by atoms with E-state index < -0.39 is 6.10 Å². The van der Waals surface area contributed by atoms with Gasteiger partial charge in [-0.25, -0.2) is 9.97 Å². The van der Waals surface area contributed by atoms with E-state index in [2.05, 4.69) is 19.9 Å². The zero-order valence-corrected chi connectivity index (χ0v) is 20.8. The molecule has 1 atom stereocenters. The summed E-state index contributed by atoms with van der Waals surface area (Å²) in [5, 5.41) is 0. The second-order valence-corrected chi connectivity index (χ2v) is 9.26. The standard InChI is InChI=1S/C25H31N7O3/c1-16(2)10-26-17(3)21-7-6-20(13-27-21)35-22-8-9-32(24(22)34)19-11-28-25(29-12-19)31-14-18(15-31)23(33)30(4)5/h6-7,10-13,18,22H,8-9,14-15H2,1-5H3/t22-/m1/s1. The zero-order valence-electron chi connectivity index (χ0n) is 20.8. The Labute approximate surface area is 205 Å². The summed E-state index contributed by atoms with van der Waals surface area (Å²) in [6, 6.07) is 3.64. The van der Waals surface area contributed by atoms with Gasteiger partial charge in [0.05, 0.1) is 41.6 Å². The number of aliphatic imine (C=N–C) groups is 1. The molecule has 10 heteroatoms. The van der Waals surface area contributed by atoms with E-state index in [0.29, 0.717) is 43.4 Å². The van der Waals surface area contributed by atoms with Gasteiger partial charge in [-0.2, -0.15) is 0 Å². The van der Waals surface area contributed by atoms with E-state index >= 15 is 0 Å². The van der Waals surface area contributed by atoms with Crippen LogP contribution in [0.1, 0.15) is 32.9 Å². The Kier molecular flexibility index (Phi) is 7.09. The minimum Gasteiger partial charge on any atom is -0.479 e. The number of allylic oxidation sites excluding steroid dienone is 1. The second kappa shape index (κ2) is 10.2. The van der Waals surface area contributed by atoms with Crippen molar-refractivity contribution in [3.05, 3.63) is 48.2 Å². The van der Waals surface area contributed by atoms with E-state index in [1.54, 1.807) is 54.8 Å². The maximum absolute atomic E-state index is 12.9. The monoisotopic (exact) mass is 477 g/mol. The Bertz CT molecular complexity index is 1130. The lowest BCUT2D eigenvalue weighted by Crippen LogP contribution is -2.54. The lowest BCUT2D eigenvalue weighted by atomic mass is 9.99. The van der Waals surface area contributed by atoms with Crippen LogP contribution in [0.5, 0.6) is 5.75 Å². The molecule has 2 saturated heterocycles. The smallest absolute Gasteiger partial charge is 0.268 e. The van der Waals surface area contributed by atoms with E-state index in [1.165, 1.54) is 0 Å².